The fourth-order valence-corrected chi connectivity index (χ4v) is 3.44. The molecule has 0 spiro atoms. The molecule has 0 unspecified atom stereocenters. The van der Waals surface area contributed by atoms with Gasteiger partial charge >= 0.3 is 5.97 Å². The number of esters is 1. The van der Waals surface area contributed by atoms with Crippen LogP contribution < -0.4 is 10.1 Å². The summed E-state index contributed by atoms with van der Waals surface area (Å²) < 4.78 is 10.5. The van der Waals surface area contributed by atoms with Crippen molar-refractivity contribution in [1.82, 2.24) is 4.98 Å². The molecule has 1 amide bonds. The lowest BCUT2D eigenvalue weighted by molar-refractivity contribution is 0.0735. The Balaban J connectivity index is 1.43. The van der Waals surface area contributed by atoms with Crippen molar-refractivity contribution in [3.8, 4) is 16.3 Å². The highest BCUT2D eigenvalue weighted by atomic mass is 32.1. The lowest BCUT2D eigenvalue weighted by atomic mass is 10.1. The Morgan fingerprint density at radius 2 is 1.90 bits per heavy atom. The number of ether oxygens (including phenoxy) is 1. The molecule has 0 radical (unpaired) electrons. The summed E-state index contributed by atoms with van der Waals surface area (Å²) in [7, 11) is 0. The van der Waals surface area contributed by atoms with Crippen molar-refractivity contribution in [3.05, 3.63) is 89.3 Å². The van der Waals surface area contributed by atoms with E-state index < -0.39 is 5.97 Å². The summed E-state index contributed by atoms with van der Waals surface area (Å²) in [6.07, 6.45) is 1.42. The first-order valence-electron chi connectivity index (χ1n) is 8.78. The van der Waals surface area contributed by atoms with Gasteiger partial charge < -0.3 is 14.5 Å². The average Bonchev–Trinajstić information content (AvgIpc) is 3.40. The number of carbonyl (C=O) groups excluding carboxylic acids is 2. The molecule has 0 saturated heterocycles. The molecule has 0 saturated carbocycles. The van der Waals surface area contributed by atoms with E-state index in [4.69, 9.17) is 9.15 Å². The highest BCUT2D eigenvalue weighted by Crippen LogP contribution is 2.24. The smallest absolute Gasteiger partial charge is 0.343 e. The van der Waals surface area contributed by atoms with Gasteiger partial charge in [-0.25, -0.2) is 9.78 Å². The van der Waals surface area contributed by atoms with Gasteiger partial charge in [-0.05, 0) is 43.3 Å². The number of furan rings is 1. The second-order valence-electron chi connectivity index (χ2n) is 6.22. The van der Waals surface area contributed by atoms with Gasteiger partial charge in [0.1, 0.15) is 10.8 Å². The number of benzene rings is 2. The van der Waals surface area contributed by atoms with Crippen molar-refractivity contribution in [3.63, 3.8) is 0 Å². The van der Waals surface area contributed by atoms with E-state index in [0.29, 0.717) is 17.0 Å². The van der Waals surface area contributed by atoms with Crippen LogP contribution in [0.25, 0.3) is 10.6 Å². The molecular weight excluding hydrogens is 388 g/mol. The number of nitrogens with one attached hydrogen (secondary N) is 1. The number of carbonyl (C=O) groups is 2. The molecule has 6 nitrogen and oxygen atoms in total. The van der Waals surface area contributed by atoms with Gasteiger partial charge in [-0.1, -0.05) is 18.2 Å². The predicted molar refractivity (Wildman–Crippen MR) is 110 cm³/mol. The molecule has 0 bridgehead atoms. The fraction of sp³-hybridized carbons (Fsp3) is 0.0455. The molecule has 4 rings (SSSR count). The first kappa shape index (κ1) is 18.6. The second kappa shape index (κ2) is 8.12. The zero-order chi connectivity index (χ0) is 20.2. The first-order valence-corrected chi connectivity index (χ1v) is 9.66. The van der Waals surface area contributed by atoms with Crippen LogP contribution in [0, 0.1) is 6.92 Å². The van der Waals surface area contributed by atoms with Crippen LogP contribution in [0.3, 0.4) is 0 Å². The van der Waals surface area contributed by atoms with Gasteiger partial charge in [0.05, 0.1) is 11.8 Å². The molecule has 0 aliphatic heterocycles. The van der Waals surface area contributed by atoms with E-state index in [9.17, 15) is 9.59 Å². The molecule has 0 fully saturated rings. The van der Waals surface area contributed by atoms with E-state index in [-0.39, 0.29) is 11.7 Å². The van der Waals surface area contributed by atoms with Gasteiger partial charge in [-0.3, -0.25) is 4.79 Å². The van der Waals surface area contributed by atoms with Crippen LogP contribution in [0.2, 0.25) is 0 Å². The number of hydrogen-bond donors (Lipinski definition) is 1. The first-order chi connectivity index (χ1) is 14.1. The molecule has 2 aromatic heterocycles. The van der Waals surface area contributed by atoms with Crippen LogP contribution in [0.1, 0.15) is 26.6 Å². The number of aromatic nitrogens is 1. The zero-order valence-corrected chi connectivity index (χ0v) is 16.2. The minimum absolute atomic E-state index is 0.197. The molecule has 4 aromatic rings. The van der Waals surface area contributed by atoms with Gasteiger partial charge in [-0.2, -0.15) is 0 Å². The molecule has 2 heterocycles. The molecule has 1 N–H and O–H groups in total. The summed E-state index contributed by atoms with van der Waals surface area (Å²) in [5, 5.41) is 5.58. The van der Waals surface area contributed by atoms with Crippen molar-refractivity contribution in [2.75, 3.05) is 5.32 Å². The van der Waals surface area contributed by atoms with Crippen molar-refractivity contribution < 1.29 is 18.7 Å². The molecule has 0 atom stereocenters. The number of amides is 1. The van der Waals surface area contributed by atoms with Crippen molar-refractivity contribution in [2.24, 2.45) is 0 Å². The van der Waals surface area contributed by atoms with E-state index in [2.05, 4.69) is 10.3 Å². The topological polar surface area (TPSA) is 81.4 Å². The predicted octanol–water partition coefficient (Wildman–Crippen LogP) is 5.18. The van der Waals surface area contributed by atoms with E-state index in [1.54, 1.807) is 59.9 Å². The van der Waals surface area contributed by atoms with Crippen LogP contribution in [-0.2, 0) is 0 Å². The Morgan fingerprint density at radius 1 is 1.07 bits per heavy atom. The number of anilines is 1. The number of thiazole rings is 1. The molecule has 0 aliphatic rings. The van der Waals surface area contributed by atoms with E-state index >= 15 is 0 Å². The van der Waals surface area contributed by atoms with Crippen LogP contribution in [0.5, 0.6) is 5.75 Å². The summed E-state index contributed by atoms with van der Waals surface area (Å²) >= 11 is 1.56. The molecule has 7 heteroatoms. The highest BCUT2D eigenvalue weighted by molar-refractivity contribution is 7.13. The maximum Gasteiger partial charge on any atom is 0.343 e. The number of nitrogens with zero attached hydrogens (tertiary/aromatic N) is 1. The number of rotatable bonds is 5. The molecule has 29 heavy (non-hydrogen) atoms. The van der Waals surface area contributed by atoms with Gasteiger partial charge in [0.15, 0.2) is 5.76 Å². The van der Waals surface area contributed by atoms with Gasteiger partial charge in [0.2, 0.25) is 0 Å². The number of aryl methyl sites for hydroxylation is 1. The lowest BCUT2D eigenvalue weighted by Crippen LogP contribution is -2.12. The van der Waals surface area contributed by atoms with Crippen LogP contribution in [0.4, 0.5) is 5.69 Å². The largest absolute Gasteiger partial charge is 0.459 e. The zero-order valence-electron chi connectivity index (χ0n) is 15.4. The van der Waals surface area contributed by atoms with Crippen molar-refractivity contribution in [2.45, 2.75) is 6.92 Å². The maximum atomic E-state index is 12.4. The minimum Gasteiger partial charge on any atom is -0.459 e. The molecular formula is C22H16N2O4S. The Bertz CT molecular complexity index is 1150. The summed E-state index contributed by atoms with van der Waals surface area (Å²) in [4.78, 5) is 28.9. The van der Waals surface area contributed by atoms with Gasteiger partial charge in [0.25, 0.3) is 5.91 Å². The quantitative estimate of drug-likeness (QED) is 0.366. The average molecular weight is 404 g/mol. The summed E-state index contributed by atoms with van der Waals surface area (Å²) in [6, 6.07) is 16.9. The minimum atomic E-state index is -0.485. The summed E-state index contributed by atoms with van der Waals surface area (Å²) in [5.41, 5.74) is 2.83. The van der Waals surface area contributed by atoms with Crippen LogP contribution in [0.15, 0.2) is 76.7 Å². The number of hydrogen-bond acceptors (Lipinski definition) is 6. The normalized spacial score (nSPS) is 10.5. The van der Waals surface area contributed by atoms with Crippen LogP contribution in [-0.4, -0.2) is 16.9 Å². The van der Waals surface area contributed by atoms with Gasteiger partial charge in [0, 0.05) is 28.4 Å². The molecule has 144 valence electrons. The third-order valence-corrected chi connectivity index (χ3v) is 5.04. The van der Waals surface area contributed by atoms with Gasteiger partial charge in [-0.15, -0.1) is 11.3 Å². The Kier molecular flexibility index (Phi) is 5.22. The monoisotopic (exact) mass is 404 g/mol. The van der Waals surface area contributed by atoms with Crippen molar-refractivity contribution >= 4 is 28.9 Å². The van der Waals surface area contributed by atoms with E-state index in [1.165, 1.54) is 6.26 Å². The van der Waals surface area contributed by atoms with Crippen LogP contribution >= 0.6 is 11.3 Å². The Labute approximate surface area is 170 Å². The Morgan fingerprint density at radius 3 is 2.59 bits per heavy atom. The van der Waals surface area contributed by atoms with E-state index in [1.807, 2.05) is 24.4 Å². The summed E-state index contributed by atoms with van der Waals surface area (Å²) in [6.45, 7) is 1.94. The standard InChI is InChI=1S/C22H16N2O4S/c1-14-13-29-21(23-14)15-7-9-16(10-8-15)22(26)28-18-5-2-4-17(12-18)24-20(25)19-6-3-11-27-19/h2-13H,1H3,(H,24,25). The third-order valence-electron chi connectivity index (χ3n) is 4.03. The summed E-state index contributed by atoms with van der Waals surface area (Å²) in [5.74, 6) is -0.345. The SMILES string of the molecule is Cc1csc(-c2ccc(C(=O)Oc3cccc(NC(=O)c4ccco4)c3)cc2)n1. The third kappa shape index (κ3) is 4.41. The maximum absolute atomic E-state index is 12.4. The fourth-order valence-electron chi connectivity index (χ4n) is 2.64. The highest BCUT2D eigenvalue weighted by Gasteiger charge is 2.12. The Hall–Kier alpha value is -3.71. The molecule has 0 aliphatic carbocycles. The van der Waals surface area contributed by atoms with Crippen molar-refractivity contribution in [1.29, 1.82) is 0 Å². The second-order valence-corrected chi connectivity index (χ2v) is 7.08. The molecule has 2 aromatic carbocycles. The lowest BCUT2D eigenvalue weighted by Gasteiger charge is -2.08. The van der Waals surface area contributed by atoms with E-state index in [0.717, 1.165) is 16.3 Å².